The van der Waals surface area contributed by atoms with Crippen molar-refractivity contribution in [3.8, 4) is 0 Å². The smallest absolute Gasteiger partial charge is 0.248 e. The Labute approximate surface area is 111 Å². The lowest BCUT2D eigenvalue weighted by atomic mass is 9.86. The summed E-state index contributed by atoms with van der Waals surface area (Å²) in [5.41, 5.74) is 1.90. The van der Waals surface area contributed by atoms with Crippen LogP contribution in [0.4, 0.5) is 5.69 Å². The number of likely N-dealkylation sites (tertiary alicyclic amines) is 1. The normalized spacial score (nSPS) is 25.3. The average Bonchev–Trinajstić information content (AvgIpc) is 3.00. The molecule has 0 spiro atoms. The van der Waals surface area contributed by atoms with E-state index in [1.807, 2.05) is 24.3 Å². The Morgan fingerprint density at radius 3 is 3.00 bits per heavy atom. The number of anilines is 1. The summed E-state index contributed by atoms with van der Waals surface area (Å²) < 4.78 is 0. The number of carbonyl (C=O) groups excluding carboxylic acids is 2. The molecule has 1 aromatic rings. The highest BCUT2D eigenvalue weighted by atomic mass is 16.3. The van der Waals surface area contributed by atoms with Crippen LogP contribution < -0.4 is 5.32 Å². The van der Waals surface area contributed by atoms with Crippen LogP contribution in [0.15, 0.2) is 24.3 Å². The van der Waals surface area contributed by atoms with Gasteiger partial charge in [0.05, 0.1) is 5.92 Å². The minimum atomic E-state index is -0.458. The minimum absolute atomic E-state index is 0.0181. The summed E-state index contributed by atoms with van der Waals surface area (Å²) >= 11 is 0. The lowest BCUT2D eigenvalue weighted by Crippen LogP contribution is -2.32. The quantitative estimate of drug-likeness (QED) is 0.816. The van der Waals surface area contributed by atoms with Crippen LogP contribution in [0.3, 0.4) is 0 Å². The van der Waals surface area contributed by atoms with Crippen molar-refractivity contribution in [2.75, 3.05) is 25.0 Å². The summed E-state index contributed by atoms with van der Waals surface area (Å²) in [6.07, 6.45) is 0.804. The van der Waals surface area contributed by atoms with Crippen molar-refractivity contribution in [3.63, 3.8) is 0 Å². The first kappa shape index (κ1) is 12.2. The molecule has 0 bridgehead atoms. The van der Waals surface area contributed by atoms with E-state index in [1.54, 1.807) is 4.90 Å². The SMILES string of the molecule is O=C1Nc2ccccc2[C@@H]1[C@@H]1CCN(C(=O)CO)C1. The molecule has 100 valence electrons. The van der Waals surface area contributed by atoms with Crippen molar-refractivity contribution >= 4 is 17.5 Å². The van der Waals surface area contributed by atoms with Gasteiger partial charge in [-0.3, -0.25) is 9.59 Å². The standard InChI is InChI=1S/C14H16N2O3/c17-8-12(18)16-6-5-9(7-16)13-10-3-1-2-4-11(10)15-14(13)19/h1-4,9,13,17H,5-8H2,(H,15,19)/t9-,13+/m1/s1. The number of aliphatic hydroxyl groups is 1. The molecule has 2 atom stereocenters. The van der Waals surface area contributed by atoms with E-state index >= 15 is 0 Å². The molecular weight excluding hydrogens is 244 g/mol. The number of para-hydroxylation sites is 1. The Hall–Kier alpha value is -1.88. The lowest BCUT2D eigenvalue weighted by molar-refractivity contribution is -0.133. The fourth-order valence-corrected chi connectivity index (χ4v) is 3.09. The van der Waals surface area contributed by atoms with Gasteiger partial charge in [0.2, 0.25) is 11.8 Å². The van der Waals surface area contributed by atoms with E-state index in [9.17, 15) is 9.59 Å². The van der Waals surface area contributed by atoms with Crippen LogP contribution in [0.25, 0.3) is 0 Å². The minimum Gasteiger partial charge on any atom is -0.387 e. The zero-order chi connectivity index (χ0) is 13.4. The Morgan fingerprint density at radius 2 is 2.21 bits per heavy atom. The monoisotopic (exact) mass is 260 g/mol. The van der Waals surface area contributed by atoms with Crippen molar-refractivity contribution in [2.24, 2.45) is 5.92 Å². The van der Waals surface area contributed by atoms with E-state index < -0.39 is 6.61 Å². The number of aliphatic hydroxyl groups excluding tert-OH is 1. The number of rotatable bonds is 2. The molecule has 5 nitrogen and oxygen atoms in total. The highest BCUT2D eigenvalue weighted by Crippen LogP contribution is 2.40. The second-order valence-corrected chi connectivity index (χ2v) is 5.10. The molecule has 0 saturated carbocycles. The Balaban J connectivity index is 1.81. The first-order valence-electron chi connectivity index (χ1n) is 6.49. The van der Waals surface area contributed by atoms with Gasteiger partial charge in [0.15, 0.2) is 0 Å². The maximum atomic E-state index is 12.1. The van der Waals surface area contributed by atoms with Crippen molar-refractivity contribution in [1.29, 1.82) is 0 Å². The van der Waals surface area contributed by atoms with E-state index in [1.165, 1.54) is 0 Å². The third kappa shape index (κ3) is 2.00. The highest BCUT2D eigenvalue weighted by molar-refractivity contribution is 6.03. The molecule has 0 radical (unpaired) electrons. The zero-order valence-corrected chi connectivity index (χ0v) is 10.5. The molecule has 2 aliphatic rings. The molecule has 2 amide bonds. The zero-order valence-electron chi connectivity index (χ0n) is 10.5. The number of hydrogen-bond acceptors (Lipinski definition) is 3. The molecule has 19 heavy (non-hydrogen) atoms. The van der Waals surface area contributed by atoms with Gasteiger partial charge in [0.25, 0.3) is 0 Å². The van der Waals surface area contributed by atoms with Crippen LogP contribution in [-0.4, -0.2) is 41.5 Å². The molecule has 5 heteroatoms. The van der Waals surface area contributed by atoms with E-state index in [0.29, 0.717) is 13.1 Å². The Kier molecular flexibility index (Phi) is 2.98. The molecule has 2 N–H and O–H groups in total. The van der Waals surface area contributed by atoms with Crippen molar-refractivity contribution < 1.29 is 14.7 Å². The van der Waals surface area contributed by atoms with Gasteiger partial charge < -0.3 is 15.3 Å². The van der Waals surface area contributed by atoms with Crippen LogP contribution in [0.5, 0.6) is 0 Å². The van der Waals surface area contributed by atoms with Crippen LogP contribution in [0.2, 0.25) is 0 Å². The van der Waals surface area contributed by atoms with Crippen LogP contribution in [0, 0.1) is 5.92 Å². The van der Waals surface area contributed by atoms with Gasteiger partial charge in [-0.1, -0.05) is 18.2 Å². The fourth-order valence-electron chi connectivity index (χ4n) is 3.09. The third-order valence-electron chi connectivity index (χ3n) is 4.02. The fraction of sp³-hybridized carbons (Fsp3) is 0.429. The van der Waals surface area contributed by atoms with Crippen molar-refractivity contribution in [2.45, 2.75) is 12.3 Å². The number of hydrogen-bond donors (Lipinski definition) is 2. The second-order valence-electron chi connectivity index (χ2n) is 5.10. The largest absolute Gasteiger partial charge is 0.387 e. The van der Waals surface area contributed by atoms with Gasteiger partial charge in [-0.2, -0.15) is 0 Å². The first-order valence-corrected chi connectivity index (χ1v) is 6.49. The molecule has 0 unspecified atom stereocenters. The number of fused-ring (bicyclic) bond motifs is 1. The molecule has 0 aliphatic carbocycles. The molecule has 0 aromatic heterocycles. The summed E-state index contributed by atoms with van der Waals surface area (Å²) in [5, 5.41) is 11.8. The van der Waals surface area contributed by atoms with Crippen LogP contribution in [-0.2, 0) is 9.59 Å². The number of amides is 2. The number of benzene rings is 1. The lowest BCUT2D eigenvalue weighted by Gasteiger charge is -2.18. The second kappa shape index (κ2) is 4.66. The van der Waals surface area contributed by atoms with E-state index in [-0.39, 0.29) is 23.7 Å². The average molecular weight is 260 g/mol. The summed E-state index contributed by atoms with van der Waals surface area (Å²) in [6.45, 7) is 0.710. The molecule has 1 aromatic carbocycles. The number of carbonyl (C=O) groups is 2. The van der Waals surface area contributed by atoms with E-state index in [0.717, 1.165) is 17.7 Å². The summed E-state index contributed by atoms with van der Waals surface area (Å²) in [5.74, 6) is -0.273. The maximum absolute atomic E-state index is 12.1. The van der Waals surface area contributed by atoms with Crippen molar-refractivity contribution in [3.05, 3.63) is 29.8 Å². The first-order chi connectivity index (χ1) is 9.20. The van der Waals surface area contributed by atoms with Crippen molar-refractivity contribution in [1.82, 2.24) is 4.90 Å². The van der Waals surface area contributed by atoms with Gasteiger partial charge in [0, 0.05) is 18.8 Å². The van der Waals surface area contributed by atoms with Crippen LogP contribution >= 0.6 is 0 Å². The van der Waals surface area contributed by atoms with Gasteiger partial charge in [0.1, 0.15) is 6.61 Å². The maximum Gasteiger partial charge on any atom is 0.248 e. The topological polar surface area (TPSA) is 69.6 Å². The van der Waals surface area contributed by atoms with Gasteiger partial charge >= 0.3 is 0 Å². The van der Waals surface area contributed by atoms with Gasteiger partial charge in [-0.05, 0) is 24.0 Å². The molecular formula is C14H16N2O3. The molecule has 2 heterocycles. The van der Waals surface area contributed by atoms with Gasteiger partial charge in [-0.15, -0.1) is 0 Å². The summed E-state index contributed by atoms with van der Waals surface area (Å²) in [7, 11) is 0. The Bertz CT molecular complexity index is 529. The number of nitrogens with one attached hydrogen (secondary N) is 1. The molecule has 1 fully saturated rings. The van der Waals surface area contributed by atoms with E-state index in [2.05, 4.69) is 5.32 Å². The van der Waals surface area contributed by atoms with E-state index in [4.69, 9.17) is 5.11 Å². The Morgan fingerprint density at radius 1 is 1.42 bits per heavy atom. The highest BCUT2D eigenvalue weighted by Gasteiger charge is 2.40. The predicted molar refractivity (Wildman–Crippen MR) is 69.6 cm³/mol. The molecule has 1 saturated heterocycles. The number of nitrogens with zero attached hydrogens (tertiary/aromatic N) is 1. The molecule has 3 rings (SSSR count). The van der Waals surface area contributed by atoms with Gasteiger partial charge in [-0.25, -0.2) is 0 Å². The third-order valence-corrected chi connectivity index (χ3v) is 4.02. The summed E-state index contributed by atoms with van der Waals surface area (Å²) in [6, 6.07) is 7.70. The van der Waals surface area contributed by atoms with Crippen LogP contribution in [0.1, 0.15) is 17.9 Å². The molecule has 2 aliphatic heterocycles. The predicted octanol–water partition coefficient (Wildman–Crippen LogP) is 0.563. The summed E-state index contributed by atoms with van der Waals surface area (Å²) in [4.78, 5) is 25.2.